The topological polar surface area (TPSA) is 59.8 Å². The van der Waals surface area contributed by atoms with Crippen LogP contribution in [0.15, 0.2) is 61.2 Å². The molecule has 3 rings (SSSR count). The van der Waals surface area contributed by atoms with Gasteiger partial charge in [-0.2, -0.15) is 0 Å². The van der Waals surface area contributed by atoms with Gasteiger partial charge in [-0.25, -0.2) is 0 Å². The van der Waals surface area contributed by atoms with E-state index in [1.807, 2.05) is 24.3 Å². The number of nitrogens with zero attached hydrogens (tertiary/aromatic N) is 3. The molecule has 0 radical (unpaired) electrons. The summed E-state index contributed by atoms with van der Waals surface area (Å²) in [5.41, 5.74) is 4.03. The van der Waals surface area contributed by atoms with Gasteiger partial charge in [0.15, 0.2) is 0 Å². The second-order valence-electron chi connectivity index (χ2n) is 7.10. The van der Waals surface area contributed by atoms with E-state index in [9.17, 15) is 4.79 Å². The van der Waals surface area contributed by atoms with E-state index in [0.29, 0.717) is 11.5 Å². The fourth-order valence-electron chi connectivity index (χ4n) is 3.16. The average molecular weight is 362 g/mol. The normalized spacial score (nSPS) is 12.1. The summed E-state index contributed by atoms with van der Waals surface area (Å²) in [6.45, 7) is 6.43. The molecule has 0 bridgehead atoms. The van der Waals surface area contributed by atoms with E-state index < -0.39 is 0 Å². The Labute approximate surface area is 160 Å². The van der Waals surface area contributed by atoms with Crippen LogP contribution in [0, 0.1) is 5.92 Å². The lowest BCUT2D eigenvalue weighted by atomic mass is 9.94. The minimum Gasteiger partial charge on any atom is -0.345 e. The lowest BCUT2D eigenvalue weighted by Gasteiger charge is -2.23. The third-order valence-electron chi connectivity index (χ3n) is 4.68. The van der Waals surface area contributed by atoms with Gasteiger partial charge in [-0.1, -0.05) is 51.5 Å². The standard InChI is InChI=1S/C22H26N4O/c1-4-5-17-6-8-18(9-7-17)21(16(2)3)25-22(27)19-10-12-20(13-11-19)26-14-23-24-15-26/h6-16,21H,4-5H2,1-3H3,(H,25,27). The monoisotopic (exact) mass is 362 g/mol. The average Bonchev–Trinajstić information content (AvgIpc) is 3.22. The number of benzene rings is 2. The predicted octanol–water partition coefficient (Wildman–Crippen LogP) is 4.35. The number of aromatic nitrogens is 3. The van der Waals surface area contributed by atoms with Gasteiger partial charge in [-0.15, -0.1) is 10.2 Å². The van der Waals surface area contributed by atoms with E-state index in [1.54, 1.807) is 17.2 Å². The fourth-order valence-corrected chi connectivity index (χ4v) is 3.16. The molecule has 1 amide bonds. The zero-order valence-electron chi connectivity index (χ0n) is 16.1. The van der Waals surface area contributed by atoms with Crippen LogP contribution in [0.1, 0.15) is 54.7 Å². The van der Waals surface area contributed by atoms with Gasteiger partial charge in [0.1, 0.15) is 12.7 Å². The highest BCUT2D eigenvalue weighted by atomic mass is 16.1. The van der Waals surface area contributed by atoms with Gasteiger partial charge in [0.2, 0.25) is 0 Å². The number of nitrogens with one attached hydrogen (secondary N) is 1. The van der Waals surface area contributed by atoms with Gasteiger partial charge in [-0.05, 0) is 47.7 Å². The number of rotatable bonds is 7. The minimum absolute atomic E-state index is 0.0225. The molecule has 0 aliphatic rings. The van der Waals surface area contributed by atoms with Crippen LogP contribution in [0.3, 0.4) is 0 Å². The molecular formula is C22H26N4O. The van der Waals surface area contributed by atoms with Crippen molar-refractivity contribution in [1.82, 2.24) is 20.1 Å². The van der Waals surface area contributed by atoms with Gasteiger partial charge in [0.05, 0.1) is 6.04 Å². The van der Waals surface area contributed by atoms with Gasteiger partial charge < -0.3 is 5.32 Å². The summed E-state index contributed by atoms with van der Waals surface area (Å²) in [7, 11) is 0. The van der Waals surface area contributed by atoms with Crippen LogP contribution < -0.4 is 5.32 Å². The molecule has 0 saturated heterocycles. The maximum absolute atomic E-state index is 12.8. The number of carbonyl (C=O) groups excluding carboxylic acids is 1. The Hall–Kier alpha value is -2.95. The summed E-state index contributed by atoms with van der Waals surface area (Å²) in [4.78, 5) is 12.8. The van der Waals surface area contributed by atoms with Crippen molar-refractivity contribution in [2.24, 2.45) is 5.92 Å². The highest BCUT2D eigenvalue weighted by Gasteiger charge is 2.19. The van der Waals surface area contributed by atoms with Gasteiger partial charge in [-0.3, -0.25) is 9.36 Å². The van der Waals surface area contributed by atoms with Crippen LogP contribution >= 0.6 is 0 Å². The quantitative estimate of drug-likeness (QED) is 0.680. The number of hydrogen-bond donors (Lipinski definition) is 1. The molecule has 1 heterocycles. The van der Waals surface area contributed by atoms with Crippen molar-refractivity contribution in [3.05, 3.63) is 77.9 Å². The Morgan fingerprint density at radius 2 is 1.63 bits per heavy atom. The number of hydrogen-bond acceptors (Lipinski definition) is 3. The summed E-state index contributed by atoms with van der Waals surface area (Å²) in [6, 6.07) is 16.0. The second kappa shape index (κ2) is 8.62. The molecule has 1 aromatic heterocycles. The molecule has 2 aromatic carbocycles. The maximum atomic E-state index is 12.8. The number of aryl methyl sites for hydroxylation is 1. The zero-order valence-corrected chi connectivity index (χ0v) is 16.1. The summed E-state index contributed by atoms with van der Waals surface area (Å²) < 4.78 is 1.80. The number of carbonyl (C=O) groups is 1. The molecular weight excluding hydrogens is 336 g/mol. The molecule has 1 N–H and O–H groups in total. The Morgan fingerprint density at radius 1 is 1.00 bits per heavy atom. The lowest BCUT2D eigenvalue weighted by molar-refractivity contribution is 0.0925. The Balaban J connectivity index is 1.73. The van der Waals surface area contributed by atoms with Crippen molar-refractivity contribution in [3.8, 4) is 5.69 Å². The third kappa shape index (κ3) is 4.61. The van der Waals surface area contributed by atoms with Crippen LogP contribution in [-0.2, 0) is 6.42 Å². The lowest BCUT2D eigenvalue weighted by Crippen LogP contribution is -2.31. The summed E-state index contributed by atoms with van der Waals surface area (Å²) in [5.74, 6) is 0.226. The molecule has 1 atom stereocenters. The largest absolute Gasteiger partial charge is 0.345 e. The molecule has 5 nitrogen and oxygen atoms in total. The zero-order chi connectivity index (χ0) is 19.2. The minimum atomic E-state index is -0.0679. The highest BCUT2D eigenvalue weighted by molar-refractivity contribution is 5.94. The Kier molecular flexibility index (Phi) is 6.01. The highest BCUT2D eigenvalue weighted by Crippen LogP contribution is 2.23. The molecule has 0 spiro atoms. The maximum Gasteiger partial charge on any atom is 0.251 e. The first-order valence-corrected chi connectivity index (χ1v) is 9.43. The van der Waals surface area contributed by atoms with Crippen molar-refractivity contribution in [1.29, 1.82) is 0 Å². The van der Waals surface area contributed by atoms with E-state index in [4.69, 9.17) is 0 Å². The van der Waals surface area contributed by atoms with Crippen molar-refractivity contribution in [2.45, 2.75) is 39.7 Å². The van der Waals surface area contributed by atoms with E-state index in [2.05, 4.69) is 60.6 Å². The SMILES string of the molecule is CCCc1ccc(C(NC(=O)c2ccc(-n3cnnc3)cc2)C(C)C)cc1. The third-order valence-corrected chi connectivity index (χ3v) is 4.68. The molecule has 3 aromatic rings. The Bertz CT molecular complexity index is 852. The molecule has 27 heavy (non-hydrogen) atoms. The molecule has 1 unspecified atom stereocenters. The van der Waals surface area contributed by atoms with Crippen LogP contribution in [-0.4, -0.2) is 20.7 Å². The smallest absolute Gasteiger partial charge is 0.251 e. The molecule has 0 fully saturated rings. The fraction of sp³-hybridized carbons (Fsp3) is 0.318. The summed E-state index contributed by atoms with van der Waals surface area (Å²) >= 11 is 0. The summed E-state index contributed by atoms with van der Waals surface area (Å²) in [5, 5.41) is 10.8. The van der Waals surface area contributed by atoms with Crippen LogP contribution in [0.2, 0.25) is 0 Å². The van der Waals surface area contributed by atoms with Crippen LogP contribution in [0.4, 0.5) is 0 Å². The molecule has 140 valence electrons. The van der Waals surface area contributed by atoms with E-state index in [1.165, 1.54) is 5.56 Å². The van der Waals surface area contributed by atoms with E-state index in [-0.39, 0.29) is 11.9 Å². The van der Waals surface area contributed by atoms with E-state index >= 15 is 0 Å². The number of amides is 1. The molecule has 5 heteroatoms. The first kappa shape index (κ1) is 18.8. The van der Waals surface area contributed by atoms with Gasteiger partial charge in [0, 0.05) is 11.3 Å². The van der Waals surface area contributed by atoms with Gasteiger partial charge >= 0.3 is 0 Å². The Morgan fingerprint density at radius 3 is 2.19 bits per heavy atom. The van der Waals surface area contributed by atoms with Crippen molar-refractivity contribution in [3.63, 3.8) is 0 Å². The molecule has 0 saturated carbocycles. The van der Waals surface area contributed by atoms with Crippen molar-refractivity contribution >= 4 is 5.91 Å². The van der Waals surface area contributed by atoms with Crippen molar-refractivity contribution < 1.29 is 4.79 Å². The summed E-state index contributed by atoms with van der Waals surface area (Å²) in [6.07, 6.45) is 5.48. The molecule has 0 aliphatic heterocycles. The van der Waals surface area contributed by atoms with Crippen LogP contribution in [0.5, 0.6) is 0 Å². The first-order chi connectivity index (χ1) is 13.1. The second-order valence-corrected chi connectivity index (χ2v) is 7.10. The molecule has 0 aliphatic carbocycles. The first-order valence-electron chi connectivity index (χ1n) is 9.43. The predicted molar refractivity (Wildman–Crippen MR) is 107 cm³/mol. The van der Waals surface area contributed by atoms with Crippen LogP contribution in [0.25, 0.3) is 5.69 Å². The van der Waals surface area contributed by atoms with Gasteiger partial charge in [0.25, 0.3) is 5.91 Å². The van der Waals surface area contributed by atoms with E-state index in [0.717, 1.165) is 24.1 Å². The van der Waals surface area contributed by atoms with Crippen molar-refractivity contribution in [2.75, 3.05) is 0 Å².